The fourth-order valence-corrected chi connectivity index (χ4v) is 2.32. The van der Waals surface area contributed by atoms with E-state index < -0.39 is 0 Å². The maximum absolute atomic E-state index is 13.6. The van der Waals surface area contributed by atoms with Crippen molar-refractivity contribution in [3.63, 3.8) is 0 Å². The molecule has 5 nitrogen and oxygen atoms in total. The number of rotatable bonds is 6. The van der Waals surface area contributed by atoms with E-state index in [0.29, 0.717) is 24.6 Å². The number of benzene rings is 2. The molecule has 1 amide bonds. The average molecular weight is 342 g/mol. The van der Waals surface area contributed by atoms with Crippen molar-refractivity contribution in [1.82, 2.24) is 10.6 Å². The number of carbonyl (C=O) groups is 1. The Morgan fingerprint density at radius 3 is 2.44 bits per heavy atom. The minimum absolute atomic E-state index is 0.0841. The van der Waals surface area contributed by atoms with Gasteiger partial charge in [-0.15, -0.1) is 0 Å². The van der Waals surface area contributed by atoms with Crippen LogP contribution in [0.5, 0.6) is 0 Å². The first-order chi connectivity index (χ1) is 12.1. The Labute approximate surface area is 147 Å². The number of nitrogens with zero attached hydrogens (tertiary/aromatic N) is 1. The summed E-state index contributed by atoms with van der Waals surface area (Å²) in [6.07, 6.45) is 0.806. The van der Waals surface area contributed by atoms with E-state index in [9.17, 15) is 9.18 Å². The largest absolute Gasteiger partial charge is 0.356 e. The number of anilines is 1. The van der Waals surface area contributed by atoms with Gasteiger partial charge in [0, 0.05) is 38.3 Å². The van der Waals surface area contributed by atoms with Crippen LogP contribution in [0, 0.1) is 5.82 Å². The third kappa shape index (κ3) is 6.25. The van der Waals surface area contributed by atoms with Crippen LogP contribution < -0.4 is 16.0 Å². The molecule has 3 N–H and O–H groups in total. The van der Waals surface area contributed by atoms with E-state index in [2.05, 4.69) is 20.9 Å². The predicted molar refractivity (Wildman–Crippen MR) is 99.1 cm³/mol. The number of hydrogen-bond donors (Lipinski definition) is 3. The Bertz CT molecular complexity index is 728. The van der Waals surface area contributed by atoms with E-state index in [4.69, 9.17) is 0 Å². The standard InChI is InChI=1S/C19H23FN4O/c1-14(25)24-17-9-7-15(8-10-17)11-12-22-19(21-2)23-13-16-5-3-4-6-18(16)20/h3-10H,11-13H2,1-2H3,(H,24,25)(H2,21,22,23). The van der Waals surface area contributed by atoms with Gasteiger partial charge >= 0.3 is 0 Å². The normalized spacial score (nSPS) is 11.1. The Morgan fingerprint density at radius 1 is 1.08 bits per heavy atom. The number of hydrogen-bond acceptors (Lipinski definition) is 2. The smallest absolute Gasteiger partial charge is 0.221 e. The number of carbonyl (C=O) groups excluding carboxylic acids is 1. The molecular weight excluding hydrogens is 319 g/mol. The highest BCUT2D eigenvalue weighted by molar-refractivity contribution is 5.88. The zero-order valence-electron chi connectivity index (χ0n) is 14.5. The molecule has 132 valence electrons. The molecule has 0 heterocycles. The second-order valence-corrected chi connectivity index (χ2v) is 5.57. The number of nitrogens with one attached hydrogen (secondary N) is 3. The van der Waals surface area contributed by atoms with Gasteiger partial charge in [0.05, 0.1) is 0 Å². The average Bonchev–Trinajstić information content (AvgIpc) is 2.60. The van der Waals surface area contributed by atoms with Gasteiger partial charge in [-0.25, -0.2) is 4.39 Å². The molecule has 2 aromatic rings. The summed E-state index contributed by atoms with van der Waals surface area (Å²) in [5, 5.41) is 9.03. The minimum Gasteiger partial charge on any atom is -0.356 e. The molecule has 0 aliphatic heterocycles. The molecule has 25 heavy (non-hydrogen) atoms. The van der Waals surface area contributed by atoms with Crippen LogP contribution in [0.2, 0.25) is 0 Å². The zero-order chi connectivity index (χ0) is 18.1. The maximum Gasteiger partial charge on any atom is 0.221 e. The fraction of sp³-hybridized carbons (Fsp3) is 0.263. The molecule has 0 aliphatic carbocycles. The van der Waals surface area contributed by atoms with Crippen molar-refractivity contribution in [2.45, 2.75) is 19.9 Å². The maximum atomic E-state index is 13.6. The van der Waals surface area contributed by atoms with Crippen LogP contribution in [0.1, 0.15) is 18.1 Å². The molecule has 0 bridgehead atoms. The summed E-state index contributed by atoms with van der Waals surface area (Å²) < 4.78 is 13.6. The SMILES string of the molecule is CN=C(NCCc1ccc(NC(C)=O)cc1)NCc1ccccc1F. The topological polar surface area (TPSA) is 65.5 Å². The van der Waals surface area contributed by atoms with Crippen molar-refractivity contribution >= 4 is 17.6 Å². The molecule has 6 heteroatoms. The van der Waals surface area contributed by atoms with Crippen molar-refractivity contribution in [3.8, 4) is 0 Å². The first kappa shape index (κ1) is 18.4. The second kappa shape index (κ2) is 9.42. The van der Waals surface area contributed by atoms with Gasteiger partial charge in [0.1, 0.15) is 5.82 Å². The van der Waals surface area contributed by atoms with Crippen LogP contribution >= 0.6 is 0 Å². The summed E-state index contributed by atoms with van der Waals surface area (Å²) in [4.78, 5) is 15.1. The summed E-state index contributed by atoms with van der Waals surface area (Å²) >= 11 is 0. The van der Waals surface area contributed by atoms with Gasteiger partial charge in [-0.2, -0.15) is 0 Å². The number of aliphatic imine (C=N–C) groups is 1. The Balaban J connectivity index is 1.77. The Kier molecular flexibility index (Phi) is 6.95. The highest BCUT2D eigenvalue weighted by Gasteiger charge is 2.03. The van der Waals surface area contributed by atoms with Gasteiger partial charge in [-0.3, -0.25) is 9.79 Å². The Morgan fingerprint density at radius 2 is 1.80 bits per heavy atom. The fourth-order valence-electron chi connectivity index (χ4n) is 2.32. The molecular formula is C19H23FN4O. The summed E-state index contributed by atoms with van der Waals surface area (Å²) in [6, 6.07) is 14.4. The van der Waals surface area contributed by atoms with Crippen LogP contribution in [0.3, 0.4) is 0 Å². The van der Waals surface area contributed by atoms with Crippen molar-refractivity contribution in [1.29, 1.82) is 0 Å². The lowest BCUT2D eigenvalue weighted by molar-refractivity contribution is -0.114. The lowest BCUT2D eigenvalue weighted by Crippen LogP contribution is -2.38. The molecule has 0 saturated heterocycles. The predicted octanol–water partition coefficient (Wildman–Crippen LogP) is 2.69. The monoisotopic (exact) mass is 342 g/mol. The molecule has 0 unspecified atom stereocenters. The number of guanidine groups is 1. The lowest BCUT2D eigenvalue weighted by atomic mass is 10.1. The summed E-state index contributed by atoms with van der Waals surface area (Å²) in [6.45, 7) is 2.55. The Hall–Kier alpha value is -2.89. The van der Waals surface area contributed by atoms with E-state index in [0.717, 1.165) is 17.7 Å². The van der Waals surface area contributed by atoms with Crippen LogP contribution in [0.4, 0.5) is 10.1 Å². The molecule has 0 spiro atoms. The van der Waals surface area contributed by atoms with Crippen molar-refractivity contribution < 1.29 is 9.18 Å². The van der Waals surface area contributed by atoms with E-state index in [1.165, 1.54) is 13.0 Å². The molecule has 0 fully saturated rings. The number of halogens is 1. The van der Waals surface area contributed by atoms with Crippen LogP contribution in [-0.4, -0.2) is 25.5 Å². The molecule has 0 aliphatic rings. The number of amides is 1. The van der Waals surface area contributed by atoms with Crippen molar-refractivity contribution in [2.75, 3.05) is 18.9 Å². The van der Waals surface area contributed by atoms with Gasteiger partial charge in [-0.1, -0.05) is 30.3 Å². The van der Waals surface area contributed by atoms with E-state index in [1.807, 2.05) is 24.3 Å². The highest BCUT2D eigenvalue weighted by atomic mass is 19.1. The van der Waals surface area contributed by atoms with E-state index >= 15 is 0 Å². The third-order valence-corrected chi connectivity index (χ3v) is 3.61. The molecule has 0 saturated carbocycles. The van der Waals surface area contributed by atoms with Crippen LogP contribution in [-0.2, 0) is 17.8 Å². The van der Waals surface area contributed by atoms with E-state index in [-0.39, 0.29) is 11.7 Å². The minimum atomic E-state index is -0.232. The summed E-state index contributed by atoms with van der Waals surface area (Å²) in [5.41, 5.74) is 2.52. The van der Waals surface area contributed by atoms with Gasteiger partial charge in [-0.05, 0) is 30.2 Å². The lowest BCUT2D eigenvalue weighted by Gasteiger charge is -2.12. The zero-order valence-corrected chi connectivity index (χ0v) is 14.5. The molecule has 0 radical (unpaired) electrons. The first-order valence-corrected chi connectivity index (χ1v) is 8.13. The summed E-state index contributed by atoms with van der Waals surface area (Å²) in [7, 11) is 1.68. The van der Waals surface area contributed by atoms with Gasteiger partial charge in [0.2, 0.25) is 5.91 Å². The van der Waals surface area contributed by atoms with E-state index in [1.54, 1.807) is 25.2 Å². The molecule has 0 atom stereocenters. The van der Waals surface area contributed by atoms with Gasteiger partial charge in [0.15, 0.2) is 5.96 Å². The second-order valence-electron chi connectivity index (χ2n) is 5.57. The molecule has 0 aromatic heterocycles. The first-order valence-electron chi connectivity index (χ1n) is 8.13. The van der Waals surface area contributed by atoms with Crippen molar-refractivity contribution in [2.24, 2.45) is 4.99 Å². The quantitative estimate of drug-likeness (QED) is 0.559. The van der Waals surface area contributed by atoms with Crippen molar-refractivity contribution in [3.05, 3.63) is 65.5 Å². The van der Waals surface area contributed by atoms with Crippen LogP contribution in [0.25, 0.3) is 0 Å². The molecule has 2 rings (SSSR count). The highest BCUT2D eigenvalue weighted by Crippen LogP contribution is 2.09. The molecule has 2 aromatic carbocycles. The van der Waals surface area contributed by atoms with Gasteiger partial charge in [0.25, 0.3) is 0 Å². The van der Waals surface area contributed by atoms with Crippen LogP contribution in [0.15, 0.2) is 53.5 Å². The third-order valence-electron chi connectivity index (χ3n) is 3.61. The summed E-state index contributed by atoms with van der Waals surface area (Å²) in [5.74, 6) is 0.307. The van der Waals surface area contributed by atoms with Gasteiger partial charge < -0.3 is 16.0 Å².